The van der Waals surface area contributed by atoms with Gasteiger partial charge >= 0.3 is 5.97 Å². The first-order chi connectivity index (χ1) is 12.1. The third kappa shape index (κ3) is 5.50. The van der Waals surface area contributed by atoms with Crippen molar-refractivity contribution in [1.29, 1.82) is 0 Å². The van der Waals surface area contributed by atoms with Crippen LogP contribution in [-0.2, 0) is 14.3 Å². The van der Waals surface area contributed by atoms with Gasteiger partial charge in [0.05, 0.1) is 0 Å². The zero-order valence-corrected chi connectivity index (χ0v) is 15.6. The molecule has 2 aliphatic carbocycles. The van der Waals surface area contributed by atoms with Gasteiger partial charge in [0.2, 0.25) is 0 Å². The molecule has 2 fully saturated rings. The Morgan fingerprint density at radius 2 is 2.00 bits per heavy atom. The predicted octanol–water partition coefficient (Wildman–Crippen LogP) is 3.57. The van der Waals surface area contributed by atoms with Crippen molar-refractivity contribution in [3.05, 3.63) is 29.8 Å². The minimum atomic E-state index is -0.221. The molecule has 1 aromatic rings. The lowest BCUT2D eigenvalue weighted by Crippen LogP contribution is -2.31. The van der Waals surface area contributed by atoms with Gasteiger partial charge in [-0.2, -0.15) is 0 Å². The van der Waals surface area contributed by atoms with Crippen molar-refractivity contribution in [3.63, 3.8) is 0 Å². The Labute approximate surface area is 154 Å². The summed E-state index contributed by atoms with van der Waals surface area (Å²) in [7, 11) is 0. The van der Waals surface area contributed by atoms with Crippen molar-refractivity contribution in [2.75, 3.05) is 18.9 Å². The summed E-state index contributed by atoms with van der Waals surface area (Å²) in [4.78, 5) is 24.9. The molecule has 0 unspecified atom stereocenters. The molecule has 5 heteroatoms. The highest BCUT2D eigenvalue weighted by Crippen LogP contribution is 2.49. The molecule has 0 heterocycles. The van der Waals surface area contributed by atoms with Gasteiger partial charge in [-0.1, -0.05) is 24.1 Å². The molecule has 25 heavy (non-hydrogen) atoms. The number of esters is 1. The first-order valence-corrected chi connectivity index (χ1v) is 10.2. The van der Waals surface area contributed by atoms with Gasteiger partial charge < -0.3 is 10.1 Å². The lowest BCUT2D eigenvalue weighted by Gasteiger charge is -2.20. The molecule has 0 saturated heterocycles. The molecule has 0 radical (unpaired) electrons. The maximum Gasteiger partial charge on any atom is 0.306 e. The van der Waals surface area contributed by atoms with Crippen molar-refractivity contribution >= 4 is 23.6 Å². The van der Waals surface area contributed by atoms with Crippen LogP contribution in [0.4, 0.5) is 0 Å². The van der Waals surface area contributed by atoms with Crippen LogP contribution < -0.4 is 5.32 Å². The van der Waals surface area contributed by atoms with Gasteiger partial charge in [-0.3, -0.25) is 9.59 Å². The number of amides is 1. The number of rotatable bonds is 8. The third-order valence-corrected chi connectivity index (χ3v) is 6.41. The quantitative estimate of drug-likeness (QED) is 0.437. The number of nitrogens with one attached hydrogen (secondary N) is 1. The van der Waals surface area contributed by atoms with Crippen molar-refractivity contribution in [2.24, 2.45) is 17.8 Å². The Morgan fingerprint density at radius 3 is 2.68 bits per heavy atom. The van der Waals surface area contributed by atoms with Crippen LogP contribution in [0.15, 0.2) is 29.2 Å². The van der Waals surface area contributed by atoms with Crippen LogP contribution in [0, 0.1) is 24.7 Å². The highest BCUT2D eigenvalue weighted by molar-refractivity contribution is 7.99. The molecule has 0 aliphatic heterocycles. The van der Waals surface area contributed by atoms with Crippen LogP contribution >= 0.6 is 11.8 Å². The number of hydrogen-bond donors (Lipinski definition) is 1. The van der Waals surface area contributed by atoms with E-state index in [1.807, 2.05) is 0 Å². The molecule has 1 N–H and O–H groups in total. The van der Waals surface area contributed by atoms with Crippen molar-refractivity contribution in [2.45, 2.75) is 43.9 Å². The van der Waals surface area contributed by atoms with Crippen LogP contribution in [0.25, 0.3) is 0 Å². The van der Waals surface area contributed by atoms with Gasteiger partial charge in [-0.05, 0) is 56.1 Å². The summed E-state index contributed by atoms with van der Waals surface area (Å²) in [5.41, 5.74) is 1.24. The molecular formula is C20H27NO3S. The SMILES string of the molecule is Cc1ccc(SCCNC(=O)COC(=O)C[C@@H]2C[C@H]3CC[C@@H]2C3)cc1. The molecule has 2 aliphatic rings. The molecule has 1 amide bonds. The highest BCUT2D eigenvalue weighted by Gasteiger charge is 2.40. The number of thioether (sulfide) groups is 1. The fraction of sp³-hybridized carbons (Fsp3) is 0.600. The summed E-state index contributed by atoms with van der Waals surface area (Å²) < 4.78 is 5.14. The second-order valence-corrected chi connectivity index (χ2v) is 8.48. The minimum absolute atomic E-state index is 0.158. The van der Waals surface area contributed by atoms with Crippen LogP contribution in [-0.4, -0.2) is 30.8 Å². The first-order valence-electron chi connectivity index (χ1n) is 9.22. The van der Waals surface area contributed by atoms with Gasteiger partial charge in [-0.25, -0.2) is 0 Å². The second-order valence-electron chi connectivity index (χ2n) is 7.31. The summed E-state index contributed by atoms with van der Waals surface area (Å²) in [6, 6.07) is 8.33. The van der Waals surface area contributed by atoms with Crippen LogP contribution in [0.3, 0.4) is 0 Å². The Kier molecular flexibility index (Phi) is 6.40. The van der Waals surface area contributed by atoms with Crippen LogP contribution in [0.5, 0.6) is 0 Å². The second kappa shape index (κ2) is 8.75. The first kappa shape index (κ1) is 18.3. The van der Waals surface area contributed by atoms with E-state index >= 15 is 0 Å². The van der Waals surface area contributed by atoms with Crippen LogP contribution in [0.1, 0.15) is 37.7 Å². The minimum Gasteiger partial charge on any atom is -0.456 e. The average Bonchev–Trinajstić information content (AvgIpc) is 3.21. The van der Waals surface area contributed by atoms with E-state index in [-0.39, 0.29) is 18.5 Å². The summed E-state index contributed by atoms with van der Waals surface area (Å²) in [6.07, 6.45) is 5.54. The molecule has 136 valence electrons. The number of fused-ring (bicyclic) bond motifs is 2. The summed E-state index contributed by atoms with van der Waals surface area (Å²) >= 11 is 1.70. The molecule has 4 nitrogen and oxygen atoms in total. The number of hydrogen-bond acceptors (Lipinski definition) is 4. The summed E-state index contributed by atoms with van der Waals surface area (Å²) in [6.45, 7) is 2.48. The van der Waals surface area contributed by atoms with Crippen LogP contribution in [0.2, 0.25) is 0 Å². The Morgan fingerprint density at radius 1 is 1.20 bits per heavy atom. The molecule has 2 saturated carbocycles. The Bertz CT molecular complexity index is 601. The monoisotopic (exact) mass is 361 g/mol. The highest BCUT2D eigenvalue weighted by atomic mass is 32.2. The molecule has 3 rings (SSSR count). The van der Waals surface area contributed by atoms with E-state index in [1.54, 1.807) is 11.8 Å². The molecular weight excluding hydrogens is 334 g/mol. The largest absolute Gasteiger partial charge is 0.456 e. The fourth-order valence-electron chi connectivity index (χ4n) is 4.09. The standard InChI is InChI=1S/C20H27NO3S/c1-14-2-6-18(7-3-14)25-9-8-21-19(22)13-24-20(23)12-17-11-15-4-5-16(17)10-15/h2-3,6-7,15-17H,4-5,8-13H2,1H3,(H,21,22)/t15-,16+,17-/m0/s1. The Hall–Kier alpha value is -1.49. The molecule has 3 atom stereocenters. The van der Waals surface area contributed by atoms with Crippen molar-refractivity contribution in [1.82, 2.24) is 5.32 Å². The molecule has 0 aromatic heterocycles. The van der Waals surface area contributed by atoms with E-state index in [0.29, 0.717) is 24.8 Å². The predicted molar refractivity (Wildman–Crippen MR) is 99.4 cm³/mol. The number of carbonyl (C=O) groups excluding carboxylic acids is 2. The zero-order valence-electron chi connectivity index (χ0n) is 14.8. The number of carbonyl (C=O) groups is 2. The fourth-order valence-corrected chi connectivity index (χ4v) is 4.86. The van der Waals surface area contributed by atoms with Gasteiger partial charge in [0.25, 0.3) is 5.91 Å². The lowest BCUT2D eigenvalue weighted by molar-refractivity contribution is -0.149. The average molecular weight is 362 g/mol. The molecule has 1 aromatic carbocycles. The Balaban J connectivity index is 1.25. The third-order valence-electron chi connectivity index (χ3n) is 5.39. The normalized spacial score (nSPS) is 24.3. The van der Waals surface area contributed by atoms with E-state index in [2.05, 4.69) is 36.5 Å². The van der Waals surface area contributed by atoms with Gasteiger partial charge in [0.15, 0.2) is 6.61 Å². The number of benzene rings is 1. The van der Waals surface area contributed by atoms with Gasteiger partial charge in [0, 0.05) is 23.6 Å². The van der Waals surface area contributed by atoms with E-state index in [0.717, 1.165) is 11.7 Å². The van der Waals surface area contributed by atoms with E-state index < -0.39 is 0 Å². The summed E-state index contributed by atoms with van der Waals surface area (Å²) in [5.74, 6) is 2.39. The topological polar surface area (TPSA) is 55.4 Å². The maximum atomic E-state index is 11.9. The smallest absolute Gasteiger partial charge is 0.306 e. The summed E-state index contributed by atoms with van der Waals surface area (Å²) in [5, 5.41) is 2.80. The van der Waals surface area contributed by atoms with Crippen molar-refractivity contribution < 1.29 is 14.3 Å². The maximum absolute atomic E-state index is 11.9. The number of aryl methyl sites for hydroxylation is 1. The molecule has 2 bridgehead atoms. The zero-order chi connectivity index (χ0) is 17.6. The van der Waals surface area contributed by atoms with E-state index in [1.165, 1.54) is 36.1 Å². The van der Waals surface area contributed by atoms with E-state index in [9.17, 15) is 9.59 Å². The number of ether oxygens (including phenoxy) is 1. The van der Waals surface area contributed by atoms with Crippen molar-refractivity contribution in [3.8, 4) is 0 Å². The van der Waals surface area contributed by atoms with Gasteiger partial charge in [-0.15, -0.1) is 11.8 Å². The van der Waals surface area contributed by atoms with E-state index in [4.69, 9.17) is 4.74 Å². The molecule has 0 spiro atoms. The van der Waals surface area contributed by atoms with Gasteiger partial charge in [0.1, 0.15) is 0 Å². The lowest BCUT2D eigenvalue weighted by atomic mass is 9.86.